The van der Waals surface area contributed by atoms with Crippen LogP contribution in [0.3, 0.4) is 0 Å². The lowest BCUT2D eigenvalue weighted by Gasteiger charge is -2.20. The summed E-state index contributed by atoms with van der Waals surface area (Å²) in [4.78, 5) is 12.6. The van der Waals surface area contributed by atoms with Crippen molar-refractivity contribution in [2.45, 2.75) is 13.5 Å². The van der Waals surface area contributed by atoms with Gasteiger partial charge < -0.3 is 19.3 Å². The highest BCUT2D eigenvalue weighted by Gasteiger charge is 2.31. The lowest BCUT2D eigenvalue weighted by Crippen LogP contribution is -2.12. The monoisotopic (exact) mass is 388 g/mol. The molecular formula is C18H13BrO5. The molecule has 1 N–H and O–H groups in total. The van der Waals surface area contributed by atoms with Gasteiger partial charge >= 0.3 is 0 Å². The van der Waals surface area contributed by atoms with E-state index in [1.165, 1.54) is 0 Å². The maximum absolute atomic E-state index is 12.6. The van der Waals surface area contributed by atoms with Gasteiger partial charge in [0.2, 0.25) is 5.78 Å². The summed E-state index contributed by atoms with van der Waals surface area (Å²) < 4.78 is 17.4. The van der Waals surface area contributed by atoms with Crippen molar-refractivity contribution >= 4 is 27.8 Å². The summed E-state index contributed by atoms with van der Waals surface area (Å²) in [5.41, 5.74) is 2.62. The molecule has 5 nitrogen and oxygen atoms in total. The van der Waals surface area contributed by atoms with Crippen LogP contribution in [0.15, 0.2) is 34.5 Å². The van der Waals surface area contributed by atoms with Crippen LogP contribution in [0.5, 0.6) is 17.2 Å². The van der Waals surface area contributed by atoms with E-state index in [1.54, 1.807) is 18.2 Å². The van der Waals surface area contributed by atoms with E-state index in [2.05, 4.69) is 15.9 Å². The fourth-order valence-electron chi connectivity index (χ4n) is 2.88. The van der Waals surface area contributed by atoms with Gasteiger partial charge in [0.25, 0.3) is 0 Å². The molecule has 0 amide bonds. The first-order chi connectivity index (χ1) is 11.5. The van der Waals surface area contributed by atoms with Crippen molar-refractivity contribution in [1.82, 2.24) is 0 Å². The average molecular weight is 389 g/mol. The number of hydrogen-bond acceptors (Lipinski definition) is 5. The SMILES string of the molecule is Cc1cc(O)c2c(c1)OC(=Cc1cc(Br)cc3c1OCOC3)C2=O. The van der Waals surface area contributed by atoms with Crippen LogP contribution in [0.25, 0.3) is 6.08 Å². The number of carbonyl (C=O) groups excluding carboxylic acids is 1. The molecule has 122 valence electrons. The topological polar surface area (TPSA) is 65.0 Å². The van der Waals surface area contributed by atoms with Gasteiger partial charge in [0.05, 0.1) is 6.61 Å². The minimum atomic E-state index is -0.344. The maximum Gasteiger partial charge on any atom is 0.235 e. The Kier molecular flexibility index (Phi) is 3.58. The minimum Gasteiger partial charge on any atom is -0.507 e. The Morgan fingerprint density at radius 2 is 2.08 bits per heavy atom. The van der Waals surface area contributed by atoms with Crippen LogP contribution in [-0.4, -0.2) is 17.7 Å². The summed E-state index contributed by atoms with van der Waals surface area (Å²) in [5.74, 6) is 0.783. The molecule has 0 aliphatic carbocycles. The third-order valence-electron chi connectivity index (χ3n) is 3.89. The van der Waals surface area contributed by atoms with Gasteiger partial charge in [-0.2, -0.15) is 0 Å². The largest absolute Gasteiger partial charge is 0.507 e. The number of ether oxygens (including phenoxy) is 3. The smallest absolute Gasteiger partial charge is 0.235 e. The van der Waals surface area contributed by atoms with Gasteiger partial charge in [-0.3, -0.25) is 4.79 Å². The molecule has 0 aromatic heterocycles. The van der Waals surface area contributed by atoms with Crippen LogP contribution >= 0.6 is 15.9 Å². The first kappa shape index (κ1) is 15.2. The highest BCUT2D eigenvalue weighted by Crippen LogP contribution is 2.40. The second-order valence-corrected chi connectivity index (χ2v) is 6.61. The standard InChI is InChI=1S/C18H13BrO5/c1-9-2-13(20)16-14(3-9)24-15(17(16)21)6-10-4-12(19)5-11-7-22-8-23-18(10)11/h2-6,20H,7-8H2,1H3. The number of benzene rings is 2. The first-order valence-corrected chi connectivity index (χ1v) is 8.13. The average Bonchev–Trinajstić information content (AvgIpc) is 2.83. The van der Waals surface area contributed by atoms with Gasteiger partial charge in [-0.1, -0.05) is 15.9 Å². The highest BCUT2D eigenvalue weighted by atomic mass is 79.9. The van der Waals surface area contributed by atoms with Crippen LogP contribution in [0.2, 0.25) is 0 Å². The molecule has 0 saturated heterocycles. The number of carbonyl (C=O) groups is 1. The van der Waals surface area contributed by atoms with Gasteiger partial charge in [-0.25, -0.2) is 0 Å². The number of fused-ring (bicyclic) bond motifs is 2. The van der Waals surface area contributed by atoms with Crippen molar-refractivity contribution < 1.29 is 24.1 Å². The normalized spacial score (nSPS) is 17.2. The van der Waals surface area contributed by atoms with Crippen LogP contribution in [0.1, 0.15) is 27.0 Å². The van der Waals surface area contributed by atoms with Gasteiger partial charge in [0.15, 0.2) is 12.6 Å². The zero-order valence-electron chi connectivity index (χ0n) is 12.8. The molecule has 0 atom stereocenters. The Morgan fingerprint density at radius 1 is 1.25 bits per heavy atom. The van der Waals surface area contributed by atoms with Gasteiger partial charge in [0, 0.05) is 15.6 Å². The second kappa shape index (κ2) is 5.65. The Morgan fingerprint density at radius 3 is 2.92 bits per heavy atom. The summed E-state index contributed by atoms with van der Waals surface area (Å²) in [6, 6.07) is 7.04. The molecule has 2 aliphatic heterocycles. The van der Waals surface area contributed by atoms with E-state index >= 15 is 0 Å². The predicted molar refractivity (Wildman–Crippen MR) is 90.2 cm³/mol. The molecule has 2 aliphatic rings. The summed E-state index contributed by atoms with van der Waals surface area (Å²) in [6.45, 7) is 2.44. The molecule has 2 heterocycles. The summed E-state index contributed by atoms with van der Waals surface area (Å²) in [5, 5.41) is 10.0. The molecule has 6 heteroatoms. The number of hydrogen-bond donors (Lipinski definition) is 1. The maximum atomic E-state index is 12.6. The Bertz CT molecular complexity index is 901. The lowest BCUT2D eigenvalue weighted by molar-refractivity contribution is -0.0165. The number of phenols is 1. The summed E-state index contributed by atoms with van der Waals surface area (Å²) in [6.07, 6.45) is 1.63. The van der Waals surface area contributed by atoms with E-state index in [1.807, 2.05) is 19.1 Å². The number of aromatic hydroxyl groups is 1. The van der Waals surface area contributed by atoms with Crippen molar-refractivity contribution in [2.75, 3.05) is 6.79 Å². The first-order valence-electron chi connectivity index (χ1n) is 7.34. The van der Waals surface area contributed by atoms with Crippen LogP contribution in [0.4, 0.5) is 0 Å². The molecule has 0 fully saturated rings. The number of phenolic OH excluding ortho intramolecular Hbond substituents is 1. The quantitative estimate of drug-likeness (QED) is 0.749. The molecule has 0 radical (unpaired) electrons. The fourth-order valence-corrected chi connectivity index (χ4v) is 3.41. The molecule has 2 aromatic carbocycles. The highest BCUT2D eigenvalue weighted by molar-refractivity contribution is 9.10. The second-order valence-electron chi connectivity index (χ2n) is 5.69. The molecule has 4 rings (SSSR count). The number of Topliss-reactive ketones (excluding diaryl/α,β-unsaturated/α-hetero) is 1. The van der Waals surface area contributed by atoms with Crippen molar-refractivity contribution in [3.63, 3.8) is 0 Å². The summed E-state index contributed by atoms with van der Waals surface area (Å²) >= 11 is 3.45. The molecule has 0 spiro atoms. The molecule has 24 heavy (non-hydrogen) atoms. The zero-order chi connectivity index (χ0) is 16.8. The van der Waals surface area contributed by atoms with Crippen molar-refractivity contribution in [3.05, 3.63) is 56.8 Å². The molecular weight excluding hydrogens is 376 g/mol. The van der Waals surface area contributed by atoms with Crippen LogP contribution < -0.4 is 9.47 Å². The third-order valence-corrected chi connectivity index (χ3v) is 4.34. The lowest BCUT2D eigenvalue weighted by atomic mass is 10.0. The Hall–Kier alpha value is -2.31. The molecule has 0 saturated carbocycles. The van der Waals surface area contributed by atoms with Crippen molar-refractivity contribution in [1.29, 1.82) is 0 Å². The fraction of sp³-hybridized carbons (Fsp3) is 0.167. The van der Waals surface area contributed by atoms with E-state index < -0.39 is 0 Å². The predicted octanol–water partition coefficient (Wildman–Crippen LogP) is 3.95. The van der Waals surface area contributed by atoms with E-state index in [4.69, 9.17) is 14.2 Å². The minimum absolute atomic E-state index is 0.0701. The molecule has 2 aromatic rings. The van der Waals surface area contributed by atoms with Gasteiger partial charge in [0.1, 0.15) is 22.8 Å². The Balaban J connectivity index is 1.80. The van der Waals surface area contributed by atoms with Crippen molar-refractivity contribution in [2.24, 2.45) is 0 Å². The Labute approximate surface area is 146 Å². The summed E-state index contributed by atoms with van der Waals surface area (Å²) in [7, 11) is 0. The zero-order valence-corrected chi connectivity index (χ0v) is 14.3. The van der Waals surface area contributed by atoms with Gasteiger partial charge in [-0.15, -0.1) is 0 Å². The van der Waals surface area contributed by atoms with Crippen molar-refractivity contribution in [3.8, 4) is 17.2 Å². The van der Waals surface area contributed by atoms with Crippen LogP contribution in [0, 0.1) is 6.92 Å². The van der Waals surface area contributed by atoms with E-state index in [9.17, 15) is 9.90 Å². The van der Waals surface area contributed by atoms with Crippen LogP contribution in [-0.2, 0) is 11.3 Å². The third kappa shape index (κ3) is 2.48. The number of allylic oxidation sites excluding steroid dienone is 1. The van der Waals surface area contributed by atoms with E-state index in [0.717, 1.165) is 21.2 Å². The number of rotatable bonds is 1. The molecule has 0 bridgehead atoms. The van der Waals surface area contributed by atoms with E-state index in [-0.39, 0.29) is 29.6 Å². The molecule has 0 unspecified atom stereocenters. The van der Waals surface area contributed by atoms with Gasteiger partial charge in [-0.05, 0) is 42.8 Å². The van der Waals surface area contributed by atoms with E-state index in [0.29, 0.717) is 18.1 Å². The number of aryl methyl sites for hydroxylation is 1. The number of halogens is 1. The number of ketones is 1.